The van der Waals surface area contributed by atoms with E-state index < -0.39 is 17.2 Å². The molecule has 0 amide bonds. The molecule has 0 fully saturated rings. The maximum atomic E-state index is 10.9. The third kappa shape index (κ3) is 3.81. The minimum absolute atomic E-state index is 0.00593. The summed E-state index contributed by atoms with van der Waals surface area (Å²) in [4.78, 5) is 21.5. The Hall–Kier alpha value is -1.43. The van der Waals surface area contributed by atoms with Gasteiger partial charge >= 0.3 is 11.9 Å². The van der Waals surface area contributed by atoms with Gasteiger partial charge in [0.1, 0.15) is 11.0 Å². The van der Waals surface area contributed by atoms with Crippen LogP contribution in [0.1, 0.15) is 30.2 Å². The summed E-state index contributed by atoms with van der Waals surface area (Å²) in [6.07, 6.45) is 0. The number of carboxylic acids is 2. The van der Waals surface area contributed by atoms with E-state index in [1.54, 1.807) is 6.07 Å². The molecule has 1 heterocycles. The number of thioether (sulfide) groups is 1. The smallest absolute Gasteiger partial charge is 0.371 e. The number of carboxylic acid groups (broad SMARTS) is 2. The second kappa shape index (κ2) is 5.77. The lowest BCUT2D eigenvalue weighted by atomic mass is 10.1. The molecule has 1 aromatic rings. The number of rotatable bonds is 6. The molecule has 5 nitrogen and oxygen atoms in total. The van der Waals surface area contributed by atoms with Gasteiger partial charge in [0.05, 0.1) is 5.75 Å². The molecule has 1 atom stereocenters. The zero-order valence-electron chi connectivity index (χ0n) is 9.54. The number of hydrogen-bond donors (Lipinski definition) is 2. The minimum atomic E-state index is -1.13. The lowest BCUT2D eigenvalue weighted by Gasteiger charge is -2.14. The molecular formula is C11H14O5S. The van der Waals surface area contributed by atoms with E-state index >= 15 is 0 Å². The number of carbonyl (C=O) groups is 2. The first kappa shape index (κ1) is 13.6. The van der Waals surface area contributed by atoms with Crippen molar-refractivity contribution in [3.8, 4) is 0 Å². The van der Waals surface area contributed by atoms with Crippen LogP contribution in [0.15, 0.2) is 16.5 Å². The van der Waals surface area contributed by atoms with Gasteiger partial charge in [-0.25, -0.2) is 4.79 Å². The Labute approximate surface area is 103 Å². The van der Waals surface area contributed by atoms with Crippen molar-refractivity contribution < 1.29 is 24.2 Å². The summed E-state index contributed by atoms with van der Waals surface area (Å²) in [6, 6.07) is 2.92. The third-order valence-corrected chi connectivity index (χ3v) is 3.68. The molecule has 0 saturated heterocycles. The lowest BCUT2D eigenvalue weighted by Crippen LogP contribution is -2.22. The highest BCUT2D eigenvalue weighted by Gasteiger charge is 2.22. The Morgan fingerprint density at radius 3 is 2.41 bits per heavy atom. The Bertz CT molecular complexity index is 410. The van der Waals surface area contributed by atoms with E-state index in [1.807, 2.05) is 13.8 Å². The van der Waals surface area contributed by atoms with Gasteiger partial charge in [-0.05, 0) is 18.1 Å². The zero-order valence-corrected chi connectivity index (χ0v) is 10.4. The molecule has 0 aliphatic carbocycles. The van der Waals surface area contributed by atoms with E-state index in [-0.39, 0.29) is 11.7 Å². The van der Waals surface area contributed by atoms with E-state index in [4.69, 9.17) is 14.6 Å². The van der Waals surface area contributed by atoms with Gasteiger partial charge in [-0.1, -0.05) is 13.8 Å². The van der Waals surface area contributed by atoms with E-state index in [0.717, 1.165) is 0 Å². The van der Waals surface area contributed by atoms with E-state index in [0.29, 0.717) is 11.5 Å². The Morgan fingerprint density at radius 1 is 1.35 bits per heavy atom. The molecule has 0 saturated carbocycles. The fraction of sp³-hybridized carbons (Fsp3) is 0.455. The number of aliphatic carboxylic acids is 1. The molecule has 94 valence electrons. The lowest BCUT2D eigenvalue weighted by molar-refractivity contribution is -0.137. The van der Waals surface area contributed by atoms with Crippen LogP contribution in [0.5, 0.6) is 0 Å². The van der Waals surface area contributed by atoms with Crippen molar-refractivity contribution in [2.24, 2.45) is 5.92 Å². The van der Waals surface area contributed by atoms with E-state index in [9.17, 15) is 9.59 Å². The Morgan fingerprint density at radius 2 is 2.00 bits per heavy atom. The quantitative estimate of drug-likeness (QED) is 0.814. The van der Waals surface area contributed by atoms with Gasteiger partial charge in [0.25, 0.3) is 0 Å². The van der Waals surface area contributed by atoms with Crippen molar-refractivity contribution >= 4 is 23.7 Å². The zero-order chi connectivity index (χ0) is 13.0. The first-order valence-electron chi connectivity index (χ1n) is 5.08. The number of aromatic carboxylic acids is 1. The van der Waals surface area contributed by atoms with Crippen LogP contribution in [0.4, 0.5) is 0 Å². The number of hydrogen-bond acceptors (Lipinski definition) is 4. The molecule has 1 rings (SSSR count). The molecule has 6 heteroatoms. The predicted octanol–water partition coefficient (Wildman–Crippen LogP) is 2.32. The molecule has 0 aromatic carbocycles. The second-order valence-corrected chi connectivity index (χ2v) is 5.01. The van der Waals surface area contributed by atoms with Crippen LogP contribution in [0.25, 0.3) is 0 Å². The maximum absolute atomic E-state index is 10.9. The summed E-state index contributed by atoms with van der Waals surface area (Å²) >= 11 is 1.23. The third-order valence-electron chi connectivity index (χ3n) is 2.13. The maximum Gasteiger partial charge on any atom is 0.371 e. The largest absolute Gasteiger partial charge is 0.480 e. The van der Waals surface area contributed by atoms with Gasteiger partial charge in [0, 0.05) is 0 Å². The van der Waals surface area contributed by atoms with Gasteiger partial charge in [-0.15, -0.1) is 11.8 Å². The topological polar surface area (TPSA) is 87.7 Å². The molecule has 0 bridgehead atoms. The standard InChI is InChI=1S/C11H14O5S/c1-6(2)9(11(14)15)17-5-7-3-4-8(16-7)10(12)13/h3-4,6,9H,5H2,1-2H3,(H,12,13)(H,14,15). The molecule has 0 aliphatic rings. The fourth-order valence-corrected chi connectivity index (χ4v) is 2.32. The van der Waals surface area contributed by atoms with Crippen LogP contribution in [-0.2, 0) is 10.5 Å². The average Bonchev–Trinajstić information content (AvgIpc) is 2.65. The van der Waals surface area contributed by atoms with Crippen molar-refractivity contribution in [1.82, 2.24) is 0 Å². The van der Waals surface area contributed by atoms with Crippen molar-refractivity contribution in [2.45, 2.75) is 24.9 Å². The van der Waals surface area contributed by atoms with Crippen LogP contribution >= 0.6 is 11.8 Å². The second-order valence-electron chi connectivity index (χ2n) is 3.88. The first-order chi connectivity index (χ1) is 7.91. The molecule has 2 N–H and O–H groups in total. The Balaban J connectivity index is 2.59. The normalized spacial score (nSPS) is 12.6. The van der Waals surface area contributed by atoms with Crippen LogP contribution in [-0.4, -0.2) is 27.4 Å². The fourth-order valence-electron chi connectivity index (χ4n) is 1.29. The van der Waals surface area contributed by atoms with Gasteiger partial charge in [0.2, 0.25) is 5.76 Å². The summed E-state index contributed by atoms with van der Waals surface area (Å²) in [7, 11) is 0. The highest BCUT2D eigenvalue weighted by Crippen LogP contribution is 2.24. The molecule has 17 heavy (non-hydrogen) atoms. The molecular weight excluding hydrogens is 244 g/mol. The van der Waals surface area contributed by atoms with E-state index in [1.165, 1.54) is 17.8 Å². The summed E-state index contributed by atoms with van der Waals surface area (Å²) in [5, 5.41) is 17.1. The first-order valence-corrected chi connectivity index (χ1v) is 6.13. The van der Waals surface area contributed by atoms with Gasteiger partial charge in [-0.2, -0.15) is 0 Å². The summed E-state index contributed by atoms with van der Waals surface area (Å²) < 4.78 is 5.04. The summed E-state index contributed by atoms with van der Waals surface area (Å²) in [5.74, 6) is -1.29. The summed E-state index contributed by atoms with van der Waals surface area (Å²) in [6.45, 7) is 3.66. The minimum Gasteiger partial charge on any atom is -0.480 e. The van der Waals surface area contributed by atoms with Crippen molar-refractivity contribution in [1.29, 1.82) is 0 Å². The highest BCUT2D eigenvalue weighted by atomic mass is 32.2. The molecule has 1 unspecified atom stereocenters. The predicted molar refractivity (Wildman–Crippen MR) is 63.2 cm³/mol. The van der Waals surface area contributed by atoms with Gasteiger partial charge in [0.15, 0.2) is 0 Å². The van der Waals surface area contributed by atoms with Crippen molar-refractivity contribution in [3.63, 3.8) is 0 Å². The molecule has 0 aliphatic heterocycles. The number of furan rings is 1. The van der Waals surface area contributed by atoms with Crippen LogP contribution in [0.2, 0.25) is 0 Å². The monoisotopic (exact) mass is 258 g/mol. The summed E-state index contributed by atoms with van der Waals surface area (Å²) in [5.41, 5.74) is 0. The van der Waals surface area contributed by atoms with Gasteiger partial charge < -0.3 is 14.6 Å². The Kier molecular flexibility index (Phi) is 4.62. The van der Waals surface area contributed by atoms with Crippen LogP contribution in [0, 0.1) is 5.92 Å². The van der Waals surface area contributed by atoms with Crippen LogP contribution in [0.3, 0.4) is 0 Å². The van der Waals surface area contributed by atoms with E-state index in [2.05, 4.69) is 0 Å². The highest BCUT2D eigenvalue weighted by molar-refractivity contribution is 7.99. The average molecular weight is 258 g/mol. The molecule has 1 aromatic heterocycles. The molecule has 0 radical (unpaired) electrons. The SMILES string of the molecule is CC(C)C(SCc1ccc(C(=O)O)o1)C(=O)O. The van der Waals surface area contributed by atoms with Crippen LogP contribution < -0.4 is 0 Å². The molecule has 0 spiro atoms. The van der Waals surface area contributed by atoms with Crippen molar-refractivity contribution in [3.05, 3.63) is 23.7 Å². The van der Waals surface area contributed by atoms with Crippen molar-refractivity contribution in [2.75, 3.05) is 0 Å². The van der Waals surface area contributed by atoms with Gasteiger partial charge in [-0.3, -0.25) is 4.79 Å².